The molecule has 9 nitrogen and oxygen atoms in total. The van der Waals surface area contributed by atoms with Crippen molar-refractivity contribution in [2.75, 3.05) is 5.32 Å². The van der Waals surface area contributed by atoms with E-state index in [1.165, 1.54) is 18.2 Å². The standard InChI is InChI=1S/C31H21ClN4O5/c1-15(34-22-8-4-5-16-9-11-23(31(39)40)35-29(16)22)27-24(37)12-10-18-28(17-6-2-3-7-21(17)36-33)19-13-20(32)25(38)14-26(19)41-30(18)27/h2-15,33-34,37H,1H3,(H,39,40). The number of aromatic hydroxyl groups is 1. The first kappa shape index (κ1) is 26.0. The molecule has 1 unspecified atom stereocenters. The van der Waals surface area contributed by atoms with Crippen molar-refractivity contribution in [2.24, 2.45) is 5.11 Å². The van der Waals surface area contributed by atoms with Crippen LogP contribution >= 0.6 is 11.6 Å². The Labute approximate surface area is 237 Å². The Morgan fingerprint density at radius 2 is 1.85 bits per heavy atom. The van der Waals surface area contributed by atoms with Crippen LogP contribution in [-0.2, 0) is 0 Å². The van der Waals surface area contributed by atoms with Crippen molar-refractivity contribution >= 4 is 50.8 Å². The van der Waals surface area contributed by atoms with Gasteiger partial charge >= 0.3 is 5.97 Å². The first-order valence-corrected chi connectivity index (χ1v) is 12.9. The predicted molar refractivity (Wildman–Crippen MR) is 157 cm³/mol. The Kier molecular flexibility index (Phi) is 6.36. The van der Waals surface area contributed by atoms with E-state index in [2.05, 4.69) is 15.4 Å². The summed E-state index contributed by atoms with van der Waals surface area (Å²) < 4.78 is 6.30. The van der Waals surface area contributed by atoms with Crippen LogP contribution in [0.5, 0.6) is 5.75 Å². The summed E-state index contributed by atoms with van der Waals surface area (Å²) in [6, 6.07) is 21.2. The lowest BCUT2D eigenvalue weighted by Crippen LogP contribution is -2.10. The number of benzene rings is 4. The fourth-order valence-electron chi connectivity index (χ4n) is 5.14. The minimum Gasteiger partial charge on any atom is -0.507 e. The molecule has 0 radical (unpaired) electrons. The summed E-state index contributed by atoms with van der Waals surface area (Å²) in [5, 5.41) is 29.0. The van der Waals surface area contributed by atoms with Crippen LogP contribution in [0.15, 0.2) is 93.2 Å². The lowest BCUT2D eigenvalue weighted by Gasteiger charge is -2.22. The van der Waals surface area contributed by atoms with Gasteiger partial charge in [-0.3, -0.25) is 4.79 Å². The minimum absolute atomic E-state index is 0.0202. The second-order valence-electron chi connectivity index (χ2n) is 9.50. The maximum absolute atomic E-state index is 12.5. The fraction of sp³-hybridized carbons (Fsp3) is 0.0645. The van der Waals surface area contributed by atoms with E-state index in [9.17, 15) is 19.8 Å². The average molecular weight is 565 g/mol. The SMILES string of the molecule is CC(Nc1cccc2ccc(C(=O)O)nc12)c1c(O)ccc2c(-c3ccccc3N=N)c3cc(Cl)c(=O)cc-3oc12. The Morgan fingerprint density at radius 3 is 2.63 bits per heavy atom. The summed E-state index contributed by atoms with van der Waals surface area (Å²) >= 11 is 6.24. The summed E-state index contributed by atoms with van der Waals surface area (Å²) in [7, 11) is 0. The zero-order chi connectivity index (χ0) is 28.8. The van der Waals surface area contributed by atoms with Crippen LogP contribution in [0.1, 0.15) is 29.0 Å². The van der Waals surface area contributed by atoms with E-state index in [1.54, 1.807) is 36.4 Å². The molecule has 0 fully saturated rings. The molecular formula is C31H21ClN4O5. The minimum atomic E-state index is -1.14. The lowest BCUT2D eigenvalue weighted by atomic mass is 9.90. The Hall–Kier alpha value is -5.28. The number of pyridine rings is 1. The van der Waals surface area contributed by atoms with Crippen LogP contribution in [0.25, 0.3) is 44.3 Å². The number of carboxylic acid groups (broad SMARTS) is 1. The second kappa shape index (κ2) is 10.0. The number of nitrogens with one attached hydrogen (secondary N) is 2. The number of carboxylic acids is 1. The van der Waals surface area contributed by atoms with Gasteiger partial charge in [-0.1, -0.05) is 48.0 Å². The molecule has 2 aliphatic rings. The van der Waals surface area contributed by atoms with Gasteiger partial charge in [0.15, 0.2) is 0 Å². The molecule has 0 amide bonds. The lowest BCUT2D eigenvalue weighted by molar-refractivity contribution is 0.0691. The smallest absolute Gasteiger partial charge is 0.354 e. The van der Waals surface area contributed by atoms with E-state index in [0.29, 0.717) is 50.1 Å². The molecule has 0 saturated heterocycles. The molecule has 0 bridgehead atoms. The molecule has 1 aliphatic carbocycles. The highest BCUT2D eigenvalue weighted by Crippen LogP contribution is 2.47. The van der Waals surface area contributed by atoms with Gasteiger partial charge in [0.2, 0.25) is 5.43 Å². The van der Waals surface area contributed by atoms with Gasteiger partial charge < -0.3 is 19.9 Å². The third-order valence-electron chi connectivity index (χ3n) is 7.00. The van der Waals surface area contributed by atoms with Crippen molar-refractivity contribution in [2.45, 2.75) is 13.0 Å². The highest BCUT2D eigenvalue weighted by molar-refractivity contribution is 6.31. The summed E-state index contributed by atoms with van der Waals surface area (Å²) in [4.78, 5) is 28.4. The fourth-order valence-corrected chi connectivity index (χ4v) is 5.31. The van der Waals surface area contributed by atoms with E-state index in [0.717, 1.165) is 5.39 Å². The molecule has 1 aliphatic heterocycles. The molecule has 2 heterocycles. The van der Waals surface area contributed by atoms with Crippen LogP contribution < -0.4 is 10.7 Å². The Morgan fingerprint density at radius 1 is 1.05 bits per heavy atom. The molecule has 1 aromatic heterocycles. The summed E-state index contributed by atoms with van der Waals surface area (Å²) in [5.41, 5.74) is 11.2. The molecule has 4 N–H and O–H groups in total. The number of aromatic nitrogens is 1. The normalized spacial score (nSPS) is 12.0. The van der Waals surface area contributed by atoms with Gasteiger partial charge in [-0.05, 0) is 43.3 Å². The van der Waals surface area contributed by atoms with Crippen molar-refractivity contribution < 1.29 is 19.4 Å². The van der Waals surface area contributed by atoms with Crippen molar-refractivity contribution in [1.82, 2.24) is 4.98 Å². The van der Waals surface area contributed by atoms with E-state index in [1.807, 2.05) is 31.2 Å². The first-order valence-electron chi connectivity index (χ1n) is 12.5. The van der Waals surface area contributed by atoms with Crippen LogP contribution in [0.3, 0.4) is 0 Å². The van der Waals surface area contributed by atoms with Crippen LogP contribution in [0, 0.1) is 5.53 Å². The molecule has 0 spiro atoms. The van der Waals surface area contributed by atoms with E-state index >= 15 is 0 Å². The van der Waals surface area contributed by atoms with Gasteiger partial charge in [0.1, 0.15) is 22.8 Å². The largest absolute Gasteiger partial charge is 0.507 e. The van der Waals surface area contributed by atoms with Gasteiger partial charge in [-0.15, -0.1) is 0 Å². The molecule has 0 saturated carbocycles. The highest BCUT2D eigenvalue weighted by atomic mass is 35.5. The summed E-state index contributed by atoms with van der Waals surface area (Å²) in [5.74, 6) is -0.948. The van der Waals surface area contributed by atoms with E-state index < -0.39 is 17.4 Å². The Bertz CT molecular complexity index is 2060. The predicted octanol–water partition coefficient (Wildman–Crippen LogP) is 8.01. The average Bonchev–Trinajstić information content (AvgIpc) is 2.96. The van der Waals surface area contributed by atoms with E-state index in [-0.39, 0.29) is 22.2 Å². The van der Waals surface area contributed by atoms with Gasteiger partial charge in [-0.2, -0.15) is 5.11 Å². The zero-order valence-electron chi connectivity index (χ0n) is 21.5. The molecule has 4 aromatic rings. The Balaban J connectivity index is 1.61. The maximum atomic E-state index is 12.5. The number of fused-ring (bicyclic) bond motifs is 3. The molecule has 202 valence electrons. The number of hydrogen-bond acceptors (Lipinski definition) is 8. The van der Waals surface area contributed by atoms with Gasteiger partial charge in [0, 0.05) is 33.5 Å². The number of para-hydroxylation sites is 2. The van der Waals surface area contributed by atoms with Crippen LogP contribution in [-0.4, -0.2) is 21.2 Å². The zero-order valence-corrected chi connectivity index (χ0v) is 22.2. The monoisotopic (exact) mass is 564 g/mol. The first-order chi connectivity index (χ1) is 19.8. The van der Waals surface area contributed by atoms with Crippen molar-refractivity contribution in [3.8, 4) is 28.2 Å². The van der Waals surface area contributed by atoms with E-state index in [4.69, 9.17) is 21.5 Å². The van der Waals surface area contributed by atoms with Crippen LogP contribution in [0.4, 0.5) is 11.4 Å². The molecule has 10 heteroatoms. The number of hydrogen-bond donors (Lipinski definition) is 4. The van der Waals surface area contributed by atoms with Gasteiger partial charge in [0.05, 0.1) is 33.5 Å². The molecule has 1 atom stereocenters. The van der Waals surface area contributed by atoms with Crippen molar-refractivity contribution in [3.05, 3.63) is 105 Å². The summed E-state index contributed by atoms with van der Waals surface area (Å²) in [6.07, 6.45) is 0. The van der Waals surface area contributed by atoms with Gasteiger partial charge in [0.25, 0.3) is 0 Å². The van der Waals surface area contributed by atoms with Gasteiger partial charge in [-0.25, -0.2) is 15.3 Å². The number of phenols is 1. The molecule has 41 heavy (non-hydrogen) atoms. The quantitative estimate of drug-likeness (QED) is 0.118. The molecular weight excluding hydrogens is 544 g/mol. The number of aromatic carboxylic acids is 1. The molecule has 6 rings (SSSR count). The van der Waals surface area contributed by atoms with Crippen molar-refractivity contribution in [1.29, 1.82) is 5.53 Å². The third-order valence-corrected chi connectivity index (χ3v) is 7.29. The highest BCUT2D eigenvalue weighted by Gasteiger charge is 2.25. The topological polar surface area (TPSA) is 149 Å². The number of nitrogens with zero attached hydrogens (tertiary/aromatic N) is 2. The molecule has 3 aromatic carbocycles. The number of rotatable bonds is 6. The third kappa shape index (κ3) is 4.42. The maximum Gasteiger partial charge on any atom is 0.354 e. The van der Waals surface area contributed by atoms with Crippen molar-refractivity contribution in [3.63, 3.8) is 0 Å². The number of phenolic OH excluding ortho intramolecular Hbond substituents is 1. The van der Waals surface area contributed by atoms with Crippen LogP contribution in [0.2, 0.25) is 5.02 Å². The number of halogens is 1. The number of carbonyl (C=O) groups is 1. The summed E-state index contributed by atoms with van der Waals surface area (Å²) in [6.45, 7) is 1.82. The second-order valence-corrected chi connectivity index (χ2v) is 9.91. The number of anilines is 1.